The lowest BCUT2D eigenvalue weighted by molar-refractivity contribution is -0.114. The Hall–Kier alpha value is -4.39. The Balaban J connectivity index is 1.20. The second-order valence-electron chi connectivity index (χ2n) is 9.45. The molecule has 188 valence electrons. The fourth-order valence-corrected chi connectivity index (χ4v) is 4.58. The van der Waals surface area contributed by atoms with Gasteiger partial charge in [0.05, 0.1) is 24.1 Å². The summed E-state index contributed by atoms with van der Waals surface area (Å²) in [7, 11) is 1.64. The summed E-state index contributed by atoms with van der Waals surface area (Å²) in [5.74, 6) is 0.590. The van der Waals surface area contributed by atoms with Gasteiger partial charge in [0, 0.05) is 37.8 Å². The zero-order chi connectivity index (χ0) is 25.9. The molecule has 2 heterocycles. The number of nitrogens with one attached hydrogen (secondary N) is 1. The van der Waals surface area contributed by atoms with Gasteiger partial charge < -0.3 is 15.0 Å². The van der Waals surface area contributed by atoms with E-state index in [1.165, 1.54) is 5.01 Å². The molecule has 0 radical (unpaired) electrons. The van der Waals surface area contributed by atoms with Crippen molar-refractivity contribution in [1.29, 1.82) is 0 Å². The summed E-state index contributed by atoms with van der Waals surface area (Å²) >= 11 is 0. The Morgan fingerprint density at radius 1 is 1.03 bits per heavy atom. The number of nitrogens with zero attached hydrogens (tertiary/aromatic N) is 3. The summed E-state index contributed by atoms with van der Waals surface area (Å²) in [5, 5.41) is 9.05. The molecule has 2 aliphatic rings. The van der Waals surface area contributed by atoms with Crippen LogP contribution in [-0.2, 0) is 17.9 Å². The van der Waals surface area contributed by atoms with Crippen molar-refractivity contribution in [2.45, 2.75) is 33.4 Å². The molecule has 0 bridgehead atoms. The van der Waals surface area contributed by atoms with Gasteiger partial charge in [-0.1, -0.05) is 36.4 Å². The molecule has 0 saturated heterocycles. The van der Waals surface area contributed by atoms with Crippen molar-refractivity contribution in [3.8, 4) is 5.75 Å². The Morgan fingerprint density at radius 3 is 2.57 bits per heavy atom. The maximum atomic E-state index is 13.1. The second-order valence-corrected chi connectivity index (χ2v) is 9.45. The maximum Gasteiger partial charge on any atom is 0.282 e. The first-order valence-corrected chi connectivity index (χ1v) is 12.4. The van der Waals surface area contributed by atoms with Crippen LogP contribution in [0.1, 0.15) is 39.0 Å². The SMILES string of the molecule is COc1cc(CNC(=O)c2ccc(CN3C=C4C(=O)N(c5cccc(C)c5)N=C4CC3)cc2)ccc1C. The van der Waals surface area contributed by atoms with Crippen molar-refractivity contribution in [3.63, 3.8) is 0 Å². The van der Waals surface area contributed by atoms with Crippen molar-refractivity contribution in [2.75, 3.05) is 18.7 Å². The van der Waals surface area contributed by atoms with E-state index in [-0.39, 0.29) is 11.8 Å². The van der Waals surface area contributed by atoms with Crippen molar-refractivity contribution in [2.24, 2.45) is 5.10 Å². The number of anilines is 1. The lowest BCUT2D eigenvalue weighted by atomic mass is 10.0. The van der Waals surface area contributed by atoms with Crippen molar-refractivity contribution in [1.82, 2.24) is 10.2 Å². The molecular formula is C30H30N4O3. The van der Waals surface area contributed by atoms with Gasteiger partial charge in [0.1, 0.15) is 5.75 Å². The Labute approximate surface area is 217 Å². The number of aryl methyl sites for hydroxylation is 2. The van der Waals surface area contributed by atoms with E-state index in [0.29, 0.717) is 30.6 Å². The van der Waals surface area contributed by atoms with E-state index >= 15 is 0 Å². The summed E-state index contributed by atoms with van der Waals surface area (Å²) in [6.07, 6.45) is 2.63. The molecule has 37 heavy (non-hydrogen) atoms. The zero-order valence-electron chi connectivity index (χ0n) is 21.3. The highest BCUT2D eigenvalue weighted by Crippen LogP contribution is 2.28. The molecular weight excluding hydrogens is 464 g/mol. The van der Waals surface area contributed by atoms with Gasteiger partial charge in [-0.15, -0.1) is 0 Å². The van der Waals surface area contributed by atoms with Crippen LogP contribution in [0.3, 0.4) is 0 Å². The Kier molecular flexibility index (Phi) is 6.77. The third-order valence-corrected chi connectivity index (χ3v) is 6.68. The van der Waals surface area contributed by atoms with Crippen LogP contribution in [0, 0.1) is 13.8 Å². The van der Waals surface area contributed by atoms with Gasteiger partial charge in [0.2, 0.25) is 0 Å². The van der Waals surface area contributed by atoms with Crippen molar-refractivity contribution in [3.05, 3.63) is 106 Å². The molecule has 0 unspecified atom stereocenters. The average Bonchev–Trinajstić information content (AvgIpc) is 3.24. The maximum absolute atomic E-state index is 13.1. The Bertz CT molecular complexity index is 1410. The quantitative estimate of drug-likeness (QED) is 0.515. The topological polar surface area (TPSA) is 74.2 Å². The second kappa shape index (κ2) is 10.3. The van der Waals surface area contributed by atoms with Gasteiger partial charge in [-0.2, -0.15) is 10.1 Å². The highest BCUT2D eigenvalue weighted by atomic mass is 16.5. The molecule has 0 atom stereocenters. The van der Waals surface area contributed by atoms with E-state index in [1.807, 2.05) is 86.8 Å². The number of hydrazone groups is 1. The molecule has 3 aromatic carbocycles. The third kappa shape index (κ3) is 5.26. The van der Waals surface area contributed by atoms with Crippen LogP contribution in [0.5, 0.6) is 5.75 Å². The van der Waals surface area contributed by atoms with E-state index in [1.54, 1.807) is 7.11 Å². The van der Waals surface area contributed by atoms with Crippen molar-refractivity contribution >= 4 is 23.2 Å². The van der Waals surface area contributed by atoms with Gasteiger partial charge in [-0.05, 0) is 66.4 Å². The molecule has 0 aliphatic carbocycles. The summed E-state index contributed by atoms with van der Waals surface area (Å²) in [4.78, 5) is 27.8. The van der Waals surface area contributed by atoms with Crippen LogP contribution in [0.25, 0.3) is 0 Å². The number of methoxy groups -OCH3 is 1. The predicted molar refractivity (Wildman–Crippen MR) is 145 cm³/mol. The number of amides is 2. The predicted octanol–water partition coefficient (Wildman–Crippen LogP) is 4.73. The van der Waals surface area contributed by atoms with Crippen LogP contribution in [-0.4, -0.2) is 36.1 Å². The highest BCUT2D eigenvalue weighted by Gasteiger charge is 2.33. The minimum atomic E-state index is -0.125. The summed E-state index contributed by atoms with van der Waals surface area (Å²) in [6, 6.07) is 21.3. The molecule has 0 spiro atoms. The van der Waals surface area contributed by atoms with Crippen LogP contribution in [0.15, 0.2) is 83.6 Å². The van der Waals surface area contributed by atoms with Crippen LogP contribution in [0.4, 0.5) is 5.69 Å². The van der Waals surface area contributed by atoms with Crippen LogP contribution >= 0.6 is 0 Å². The number of carbonyl (C=O) groups excluding carboxylic acids is 2. The minimum Gasteiger partial charge on any atom is -0.496 e. The molecule has 2 amide bonds. The van der Waals surface area contributed by atoms with Gasteiger partial charge in [0.25, 0.3) is 11.8 Å². The number of rotatable bonds is 7. The largest absolute Gasteiger partial charge is 0.496 e. The van der Waals surface area contributed by atoms with E-state index in [0.717, 1.165) is 45.9 Å². The van der Waals surface area contributed by atoms with E-state index < -0.39 is 0 Å². The average molecular weight is 495 g/mol. The van der Waals surface area contributed by atoms with Crippen LogP contribution in [0.2, 0.25) is 0 Å². The number of hydrogen-bond acceptors (Lipinski definition) is 5. The molecule has 7 nitrogen and oxygen atoms in total. The molecule has 5 rings (SSSR count). The fraction of sp³-hybridized carbons (Fsp3) is 0.233. The number of fused-ring (bicyclic) bond motifs is 1. The smallest absolute Gasteiger partial charge is 0.282 e. The Morgan fingerprint density at radius 2 is 1.81 bits per heavy atom. The van der Waals surface area contributed by atoms with E-state index in [2.05, 4.69) is 15.3 Å². The zero-order valence-corrected chi connectivity index (χ0v) is 21.3. The highest BCUT2D eigenvalue weighted by molar-refractivity contribution is 6.30. The minimum absolute atomic E-state index is 0.0940. The summed E-state index contributed by atoms with van der Waals surface area (Å²) in [6.45, 7) is 5.85. The number of carbonyl (C=O) groups is 2. The molecule has 0 aromatic heterocycles. The number of hydrogen-bond donors (Lipinski definition) is 1. The van der Waals surface area contributed by atoms with Gasteiger partial charge >= 0.3 is 0 Å². The van der Waals surface area contributed by atoms with E-state index in [9.17, 15) is 9.59 Å². The fourth-order valence-electron chi connectivity index (χ4n) is 4.58. The summed E-state index contributed by atoms with van der Waals surface area (Å²) < 4.78 is 5.36. The van der Waals surface area contributed by atoms with Crippen molar-refractivity contribution < 1.29 is 14.3 Å². The molecule has 2 aliphatic heterocycles. The van der Waals surface area contributed by atoms with Gasteiger partial charge in [-0.3, -0.25) is 9.59 Å². The molecule has 0 saturated carbocycles. The molecule has 3 aromatic rings. The summed E-state index contributed by atoms with van der Waals surface area (Å²) in [5.41, 5.74) is 7.07. The van der Waals surface area contributed by atoms with Crippen LogP contribution < -0.4 is 15.1 Å². The molecule has 7 heteroatoms. The number of ether oxygens (including phenoxy) is 1. The van der Waals surface area contributed by atoms with E-state index in [4.69, 9.17) is 4.74 Å². The monoisotopic (exact) mass is 494 g/mol. The van der Waals surface area contributed by atoms with Gasteiger partial charge in [0.15, 0.2) is 0 Å². The van der Waals surface area contributed by atoms with Gasteiger partial charge in [-0.25, -0.2) is 0 Å². The first-order chi connectivity index (χ1) is 17.9. The lowest BCUT2D eigenvalue weighted by Gasteiger charge is -2.25. The lowest BCUT2D eigenvalue weighted by Crippen LogP contribution is -2.29. The standard InChI is InChI=1S/C30H30N4O3/c1-20-5-4-6-25(15-20)34-30(36)26-19-33(14-13-27(26)32-34)18-22-9-11-24(12-10-22)29(35)31-17-23-8-7-21(2)28(16-23)37-3/h4-12,15-16,19H,13-14,17-18H2,1-3H3,(H,31,35). The third-order valence-electron chi connectivity index (χ3n) is 6.68. The first-order valence-electron chi connectivity index (χ1n) is 12.4. The normalized spacial score (nSPS) is 14.7. The number of benzene rings is 3. The molecule has 0 fully saturated rings. The molecule has 1 N–H and O–H groups in total. The first kappa shape index (κ1) is 24.3.